The number of halogens is 2. The molecule has 2 radical (unpaired) electrons. The third-order valence-electron chi connectivity index (χ3n) is 6.90. The van der Waals surface area contributed by atoms with E-state index >= 15 is 8.78 Å². The fourth-order valence-electron chi connectivity index (χ4n) is 5.08. The molecule has 0 amide bonds. The van der Waals surface area contributed by atoms with E-state index in [4.69, 9.17) is 7.85 Å². The largest absolute Gasteiger partial charge is 0.296 e. The molecule has 0 N–H and O–H groups in total. The van der Waals surface area contributed by atoms with E-state index in [1.165, 1.54) is 35.6 Å². The van der Waals surface area contributed by atoms with E-state index in [1.54, 1.807) is 23.1 Å². The number of nitrogens with zero attached hydrogens (tertiary/aromatic N) is 1. The van der Waals surface area contributed by atoms with Gasteiger partial charge in [0.15, 0.2) is 11.6 Å². The Balaban J connectivity index is 1.55. The Morgan fingerprint density at radius 3 is 2.31 bits per heavy atom. The number of anilines is 3. The summed E-state index contributed by atoms with van der Waals surface area (Å²) in [6.07, 6.45) is 1.57. The molecule has 36 heavy (non-hydrogen) atoms. The number of hydrogen-bond acceptors (Lipinski definition) is 4. The zero-order valence-electron chi connectivity index (χ0n) is 19.4. The summed E-state index contributed by atoms with van der Waals surface area (Å²) < 4.78 is 30.1. The fraction of sp³-hybridized carbons (Fsp3) is 0.103. The Bertz CT molecular complexity index is 1630. The quantitative estimate of drug-likeness (QED) is 0.185. The number of ketones is 2. The smallest absolute Gasteiger partial charge is 0.197 e. The average Bonchev–Trinajstić information content (AvgIpc) is 3.37. The van der Waals surface area contributed by atoms with Crippen molar-refractivity contribution in [2.24, 2.45) is 0 Å². The predicted molar refractivity (Wildman–Crippen MR) is 140 cm³/mol. The number of allylic oxidation sites excluding steroid dienone is 1. The molecule has 0 fully saturated rings. The third-order valence-corrected chi connectivity index (χ3v) is 7.96. The summed E-state index contributed by atoms with van der Waals surface area (Å²) in [6, 6.07) is 17.9. The van der Waals surface area contributed by atoms with Gasteiger partial charge in [-0.25, -0.2) is 8.78 Å². The van der Waals surface area contributed by atoms with E-state index < -0.39 is 17.0 Å². The van der Waals surface area contributed by atoms with Gasteiger partial charge in [0.05, 0.1) is 11.3 Å². The third kappa shape index (κ3) is 3.16. The van der Waals surface area contributed by atoms with Crippen molar-refractivity contribution in [1.29, 1.82) is 0 Å². The van der Waals surface area contributed by atoms with Crippen LogP contribution in [0.1, 0.15) is 50.6 Å². The van der Waals surface area contributed by atoms with Crippen LogP contribution in [0.3, 0.4) is 0 Å². The van der Waals surface area contributed by atoms with Crippen molar-refractivity contribution >= 4 is 58.7 Å². The van der Waals surface area contributed by atoms with Gasteiger partial charge in [0.2, 0.25) is 0 Å². The zero-order chi connectivity index (χ0) is 25.4. The monoisotopic (exact) mass is 493 g/mol. The number of benzene rings is 3. The molecule has 1 aromatic heterocycles. The van der Waals surface area contributed by atoms with Gasteiger partial charge < -0.3 is 0 Å². The van der Waals surface area contributed by atoms with Crippen LogP contribution in [0.5, 0.6) is 0 Å². The molecule has 4 aromatic rings. The summed E-state index contributed by atoms with van der Waals surface area (Å²) in [5.74, 6) is -2.11. The summed E-state index contributed by atoms with van der Waals surface area (Å²) in [5.41, 5.74) is 2.85. The van der Waals surface area contributed by atoms with Gasteiger partial charge in [-0.3, -0.25) is 14.5 Å². The molecule has 0 saturated carbocycles. The number of carbonyl (C=O) groups excluding carboxylic acids is 2. The first-order valence-corrected chi connectivity index (χ1v) is 12.2. The minimum absolute atomic E-state index is 0.0492. The number of fused-ring (bicyclic) bond motifs is 3. The van der Waals surface area contributed by atoms with Gasteiger partial charge in [-0.1, -0.05) is 61.8 Å². The predicted octanol–water partition coefficient (Wildman–Crippen LogP) is 6.39. The molecule has 0 spiro atoms. The molecule has 6 rings (SSSR count). The van der Waals surface area contributed by atoms with Gasteiger partial charge in [0, 0.05) is 21.4 Å². The maximum atomic E-state index is 15.0. The SMILES string of the molecule is [B]c1ccc2c(c1)C(=O)/C(=C/c1cc3c(s1)N(c1c(F)cccc1F)c1ccccc1C3(C)C)C2=O. The first-order valence-electron chi connectivity index (χ1n) is 11.4. The van der Waals surface area contributed by atoms with Crippen LogP contribution in [0, 0.1) is 11.6 Å². The van der Waals surface area contributed by atoms with Crippen LogP contribution in [0.25, 0.3) is 6.08 Å². The highest BCUT2D eigenvalue weighted by Crippen LogP contribution is 2.55. The van der Waals surface area contributed by atoms with E-state index in [0.717, 1.165) is 11.1 Å². The van der Waals surface area contributed by atoms with Crippen molar-refractivity contribution in [2.75, 3.05) is 4.90 Å². The highest BCUT2D eigenvalue weighted by Gasteiger charge is 2.40. The summed E-state index contributed by atoms with van der Waals surface area (Å²) in [7, 11) is 5.82. The first-order chi connectivity index (χ1) is 17.2. The van der Waals surface area contributed by atoms with Crippen LogP contribution in [0.15, 0.2) is 72.3 Å². The van der Waals surface area contributed by atoms with Crippen LogP contribution in [-0.2, 0) is 5.41 Å². The van der Waals surface area contributed by atoms with Gasteiger partial charge in [-0.05, 0) is 41.5 Å². The molecular weight excluding hydrogens is 475 g/mol. The highest BCUT2D eigenvalue weighted by atomic mass is 32.1. The lowest BCUT2D eigenvalue weighted by Crippen LogP contribution is -2.30. The second kappa shape index (κ2) is 7.83. The van der Waals surface area contributed by atoms with Crippen molar-refractivity contribution in [3.05, 3.63) is 111 Å². The summed E-state index contributed by atoms with van der Waals surface area (Å²) >= 11 is 1.28. The second-order valence-electron chi connectivity index (χ2n) is 9.44. The van der Waals surface area contributed by atoms with Gasteiger partial charge in [-0.15, -0.1) is 11.3 Å². The molecule has 2 aliphatic rings. The normalized spacial score (nSPS) is 16.8. The van der Waals surface area contributed by atoms with Gasteiger partial charge in [0.1, 0.15) is 30.2 Å². The Kier molecular flexibility index (Phi) is 4.92. The molecule has 0 atom stereocenters. The van der Waals surface area contributed by atoms with Crippen molar-refractivity contribution in [3.8, 4) is 0 Å². The molecule has 2 heterocycles. The van der Waals surface area contributed by atoms with Gasteiger partial charge in [0.25, 0.3) is 0 Å². The number of thiophene rings is 1. The number of Topliss-reactive ketones (excluding diaryl/α,β-unsaturated/α-hetero) is 2. The van der Waals surface area contributed by atoms with E-state index in [0.29, 0.717) is 26.6 Å². The van der Waals surface area contributed by atoms with Crippen molar-refractivity contribution < 1.29 is 18.4 Å². The zero-order valence-corrected chi connectivity index (χ0v) is 20.2. The maximum Gasteiger partial charge on any atom is 0.197 e. The highest BCUT2D eigenvalue weighted by molar-refractivity contribution is 7.17. The summed E-state index contributed by atoms with van der Waals surface area (Å²) in [6.45, 7) is 4.10. The Labute approximate surface area is 212 Å². The van der Waals surface area contributed by atoms with Crippen LogP contribution in [-0.4, -0.2) is 19.4 Å². The Hall–Kier alpha value is -3.84. The van der Waals surface area contributed by atoms with E-state index in [-0.39, 0.29) is 28.4 Å². The number of carbonyl (C=O) groups is 2. The molecule has 0 unspecified atom stereocenters. The lowest BCUT2D eigenvalue weighted by Gasteiger charge is -2.40. The summed E-state index contributed by atoms with van der Waals surface area (Å²) in [4.78, 5) is 28.3. The van der Waals surface area contributed by atoms with Gasteiger partial charge >= 0.3 is 0 Å². The maximum absolute atomic E-state index is 15.0. The Morgan fingerprint density at radius 2 is 1.56 bits per heavy atom. The molecule has 174 valence electrons. The van der Waals surface area contributed by atoms with Crippen molar-refractivity contribution in [3.63, 3.8) is 0 Å². The minimum atomic E-state index is -0.682. The van der Waals surface area contributed by atoms with E-state index in [2.05, 4.69) is 0 Å². The minimum Gasteiger partial charge on any atom is -0.296 e. The van der Waals surface area contributed by atoms with Crippen LogP contribution >= 0.6 is 11.3 Å². The molecule has 0 saturated heterocycles. The van der Waals surface area contributed by atoms with E-state index in [1.807, 2.05) is 44.2 Å². The molecule has 7 heteroatoms. The lowest BCUT2D eigenvalue weighted by molar-refractivity contribution is 0.0990. The first kappa shape index (κ1) is 22.6. The van der Waals surface area contributed by atoms with Crippen molar-refractivity contribution in [2.45, 2.75) is 19.3 Å². The lowest BCUT2D eigenvalue weighted by atomic mass is 9.75. The van der Waals surface area contributed by atoms with E-state index in [9.17, 15) is 9.59 Å². The van der Waals surface area contributed by atoms with Crippen LogP contribution in [0.4, 0.5) is 25.2 Å². The molecular formula is C29H18BF2NO2S. The van der Waals surface area contributed by atoms with Crippen LogP contribution < -0.4 is 10.4 Å². The standard InChI is InChI=1S/C29H18BF2NO2S/c1-29(2)20-6-3-4-9-24(20)33(25-22(31)7-5-8-23(25)32)28-21(29)14-16(36-28)13-19-26(34)17-11-10-15(30)12-18(17)27(19)35/h3-14H,1-2H3/b19-13+. The molecule has 3 nitrogen and oxygen atoms in total. The second-order valence-corrected chi connectivity index (χ2v) is 10.5. The number of rotatable bonds is 2. The fourth-order valence-corrected chi connectivity index (χ4v) is 6.36. The molecule has 1 aliphatic carbocycles. The van der Waals surface area contributed by atoms with Crippen LogP contribution in [0.2, 0.25) is 0 Å². The van der Waals surface area contributed by atoms with Gasteiger partial charge in [-0.2, -0.15) is 0 Å². The number of hydrogen-bond donors (Lipinski definition) is 0. The molecule has 0 bridgehead atoms. The Morgan fingerprint density at radius 1 is 0.861 bits per heavy atom. The molecule has 1 aliphatic heterocycles. The summed E-state index contributed by atoms with van der Waals surface area (Å²) in [5, 5.41) is 0.634. The average molecular weight is 493 g/mol. The molecule has 3 aromatic carbocycles. The number of para-hydroxylation sites is 2. The topological polar surface area (TPSA) is 37.4 Å². The van der Waals surface area contributed by atoms with Crippen molar-refractivity contribution in [1.82, 2.24) is 0 Å².